The highest BCUT2D eigenvalue weighted by Crippen LogP contribution is 2.20. The standard InChI is InChI=1S/C13H20ClN3/c1-10-8-13(14)15-9-12(10)16-11-4-3-6-17(2)7-5-11/h8-9,11,16H,3-7H2,1-2H3. The van der Waals surface area contributed by atoms with Crippen LogP contribution in [0, 0.1) is 6.92 Å². The average Bonchev–Trinajstić information content (AvgIpc) is 2.48. The molecule has 1 fully saturated rings. The summed E-state index contributed by atoms with van der Waals surface area (Å²) in [6, 6.07) is 2.47. The molecule has 17 heavy (non-hydrogen) atoms. The molecule has 0 bridgehead atoms. The van der Waals surface area contributed by atoms with Gasteiger partial charge in [0.25, 0.3) is 0 Å². The van der Waals surface area contributed by atoms with Crippen molar-refractivity contribution in [3.63, 3.8) is 0 Å². The molecule has 4 heteroatoms. The molecule has 0 aromatic carbocycles. The first kappa shape index (κ1) is 12.7. The van der Waals surface area contributed by atoms with Gasteiger partial charge in [0, 0.05) is 6.04 Å². The Morgan fingerprint density at radius 1 is 1.41 bits per heavy atom. The van der Waals surface area contributed by atoms with Gasteiger partial charge in [0.15, 0.2) is 0 Å². The normalized spacial score (nSPS) is 22.2. The number of rotatable bonds is 2. The number of likely N-dealkylation sites (tertiary alicyclic amines) is 1. The first-order valence-corrected chi connectivity index (χ1v) is 6.60. The molecule has 2 heterocycles. The van der Waals surface area contributed by atoms with Gasteiger partial charge in [0.1, 0.15) is 5.15 Å². The van der Waals surface area contributed by atoms with E-state index in [4.69, 9.17) is 11.6 Å². The molecule has 1 saturated heterocycles. The van der Waals surface area contributed by atoms with Gasteiger partial charge in [-0.05, 0) is 58.0 Å². The second kappa shape index (κ2) is 5.69. The molecule has 0 amide bonds. The van der Waals surface area contributed by atoms with Gasteiger partial charge < -0.3 is 10.2 Å². The Morgan fingerprint density at radius 2 is 2.24 bits per heavy atom. The Morgan fingerprint density at radius 3 is 3.00 bits per heavy atom. The third kappa shape index (κ3) is 3.58. The van der Waals surface area contributed by atoms with Crippen LogP contribution in [0.25, 0.3) is 0 Å². The number of anilines is 1. The zero-order valence-corrected chi connectivity index (χ0v) is 11.3. The Kier molecular flexibility index (Phi) is 4.24. The molecule has 1 N–H and O–H groups in total. The van der Waals surface area contributed by atoms with Gasteiger partial charge in [0.05, 0.1) is 11.9 Å². The minimum atomic E-state index is 0.557. The molecule has 1 aliphatic rings. The summed E-state index contributed by atoms with van der Waals surface area (Å²) in [4.78, 5) is 6.53. The van der Waals surface area contributed by atoms with Crippen LogP contribution >= 0.6 is 11.6 Å². The van der Waals surface area contributed by atoms with Crippen molar-refractivity contribution >= 4 is 17.3 Å². The molecule has 0 spiro atoms. The summed E-state index contributed by atoms with van der Waals surface area (Å²) < 4.78 is 0. The maximum atomic E-state index is 5.86. The highest BCUT2D eigenvalue weighted by Gasteiger charge is 2.15. The quantitative estimate of drug-likeness (QED) is 0.822. The zero-order chi connectivity index (χ0) is 12.3. The lowest BCUT2D eigenvalue weighted by molar-refractivity contribution is 0.348. The smallest absolute Gasteiger partial charge is 0.129 e. The highest BCUT2D eigenvalue weighted by atomic mass is 35.5. The van der Waals surface area contributed by atoms with Gasteiger partial charge in [-0.2, -0.15) is 0 Å². The van der Waals surface area contributed by atoms with E-state index in [1.807, 2.05) is 12.3 Å². The van der Waals surface area contributed by atoms with Gasteiger partial charge >= 0.3 is 0 Å². The third-order valence-electron chi connectivity index (χ3n) is 3.39. The summed E-state index contributed by atoms with van der Waals surface area (Å²) >= 11 is 5.86. The Balaban J connectivity index is 2.00. The van der Waals surface area contributed by atoms with Crippen LogP contribution in [-0.4, -0.2) is 36.1 Å². The molecule has 0 saturated carbocycles. The minimum absolute atomic E-state index is 0.557. The van der Waals surface area contributed by atoms with Crippen molar-refractivity contribution in [3.05, 3.63) is 23.0 Å². The summed E-state index contributed by atoms with van der Waals surface area (Å²) in [6.45, 7) is 4.44. The predicted octanol–water partition coefficient (Wildman–Crippen LogP) is 2.94. The van der Waals surface area contributed by atoms with E-state index in [2.05, 4.69) is 29.2 Å². The van der Waals surface area contributed by atoms with Gasteiger partial charge in [0.2, 0.25) is 0 Å². The number of aromatic nitrogens is 1. The summed E-state index contributed by atoms with van der Waals surface area (Å²) in [5.41, 5.74) is 2.28. The average molecular weight is 254 g/mol. The van der Waals surface area contributed by atoms with Gasteiger partial charge in [-0.25, -0.2) is 4.98 Å². The topological polar surface area (TPSA) is 28.2 Å². The SMILES string of the molecule is Cc1cc(Cl)ncc1NC1CCCN(C)CC1. The molecule has 94 valence electrons. The van der Waals surface area contributed by atoms with Gasteiger partial charge in [-0.15, -0.1) is 0 Å². The lowest BCUT2D eigenvalue weighted by Gasteiger charge is -2.19. The molecule has 1 aromatic heterocycles. The van der Waals surface area contributed by atoms with E-state index in [1.165, 1.54) is 31.4 Å². The molecule has 0 aliphatic carbocycles. The van der Waals surface area contributed by atoms with Gasteiger partial charge in [-0.1, -0.05) is 11.6 Å². The van der Waals surface area contributed by atoms with E-state index in [9.17, 15) is 0 Å². The van der Waals surface area contributed by atoms with Gasteiger partial charge in [-0.3, -0.25) is 0 Å². The van der Waals surface area contributed by atoms with Crippen LogP contribution < -0.4 is 5.32 Å². The lowest BCUT2D eigenvalue weighted by atomic mass is 10.1. The van der Waals surface area contributed by atoms with Crippen LogP contribution in [0.4, 0.5) is 5.69 Å². The van der Waals surface area contributed by atoms with Crippen LogP contribution in [0.1, 0.15) is 24.8 Å². The Labute approximate surface area is 108 Å². The number of hydrogen-bond donors (Lipinski definition) is 1. The van der Waals surface area contributed by atoms with Crippen molar-refractivity contribution in [1.29, 1.82) is 0 Å². The molecule has 1 unspecified atom stereocenters. The van der Waals surface area contributed by atoms with Crippen LogP contribution in [0.15, 0.2) is 12.3 Å². The number of nitrogens with one attached hydrogen (secondary N) is 1. The first-order chi connectivity index (χ1) is 8.15. The first-order valence-electron chi connectivity index (χ1n) is 6.22. The van der Waals surface area contributed by atoms with E-state index < -0.39 is 0 Å². The maximum Gasteiger partial charge on any atom is 0.129 e. The van der Waals surface area contributed by atoms with Crippen molar-refractivity contribution in [1.82, 2.24) is 9.88 Å². The molecular formula is C13H20ClN3. The van der Waals surface area contributed by atoms with Crippen molar-refractivity contribution in [3.8, 4) is 0 Å². The fraction of sp³-hybridized carbons (Fsp3) is 0.615. The fourth-order valence-corrected chi connectivity index (χ4v) is 2.49. The molecule has 2 rings (SSSR count). The number of nitrogens with zero attached hydrogens (tertiary/aromatic N) is 2. The van der Waals surface area contributed by atoms with E-state index in [0.29, 0.717) is 11.2 Å². The maximum absolute atomic E-state index is 5.86. The molecule has 1 aromatic rings. The minimum Gasteiger partial charge on any atom is -0.381 e. The molecule has 3 nitrogen and oxygen atoms in total. The van der Waals surface area contributed by atoms with Crippen LogP contribution in [0.2, 0.25) is 5.15 Å². The monoisotopic (exact) mass is 253 g/mol. The largest absolute Gasteiger partial charge is 0.381 e. The molecule has 1 atom stereocenters. The van der Waals surface area contributed by atoms with E-state index in [0.717, 1.165) is 12.2 Å². The van der Waals surface area contributed by atoms with Crippen LogP contribution in [0.3, 0.4) is 0 Å². The van der Waals surface area contributed by atoms with Crippen LogP contribution in [0.5, 0.6) is 0 Å². The van der Waals surface area contributed by atoms with Crippen molar-refractivity contribution in [2.75, 3.05) is 25.5 Å². The number of hydrogen-bond acceptors (Lipinski definition) is 3. The van der Waals surface area contributed by atoms with E-state index in [-0.39, 0.29) is 0 Å². The molecular weight excluding hydrogens is 234 g/mol. The molecule has 1 aliphatic heterocycles. The Bertz CT molecular complexity index is 381. The fourth-order valence-electron chi connectivity index (χ4n) is 2.28. The summed E-state index contributed by atoms with van der Waals surface area (Å²) in [5.74, 6) is 0. The zero-order valence-electron chi connectivity index (χ0n) is 10.5. The van der Waals surface area contributed by atoms with Crippen molar-refractivity contribution < 1.29 is 0 Å². The highest BCUT2D eigenvalue weighted by molar-refractivity contribution is 6.29. The number of halogens is 1. The number of aryl methyl sites for hydroxylation is 1. The Hall–Kier alpha value is -0.800. The summed E-state index contributed by atoms with van der Waals surface area (Å²) in [6.07, 6.45) is 5.52. The number of pyridine rings is 1. The van der Waals surface area contributed by atoms with Crippen LogP contribution in [-0.2, 0) is 0 Å². The summed E-state index contributed by atoms with van der Waals surface area (Å²) in [7, 11) is 2.19. The lowest BCUT2D eigenvalue weighted by Crippen LogP contribution is -2.23. The third-order valence-corrected chi connectivity index (χ3v) is 3.60. The second-order valence-corrected chi connectivity index (χ2v) is 5.28. The van der Waals surface area contributed by atoms with Crippen molar-refractivity contribution in [2.24, 2.45) is 0 Å². The predicted molar refractivity (Wildman–Crippen MR) is 72.7 cm³/mol. The molecule has 0 radical (unpaired) electrons. The van der Waals surface area contributed by atoms with Crippen molar-refractivity contribution in [2.45, 2.75) is 32.2 Å². The summed E-state index contributed by atoms with van der Waals surface area (Å²) in [5, 5.41) is 4.15. The van der Waals surface area contributed by atoms with E-state index in [1.54, 1.807) is 0 Å². The van der Waals surface area contributed by atoms with E-state index >= 15 is 0 Å². The second-order valence-electron chi connectivity index (χ2n) is 4.90.